The van der Waals surface area contributed by atoms with Crippen molar-refractivity contribution in [1.82, 2.24) is 4.90 Å². The van der Waals surface area contributed by atoms with Crippen LogP contribution in [-0.2, 0) is 10.9 Å². The van der Waals surface area contributed by atoms with Crippen LogP contribution in [0.1, 0.15) is 56.4 Å². The molecule has 0 radical (unpaired) electrons. The van der Waals surface area contributed by atoms with Gasteiger partial charge in [0.05, 0.1) is 11.7 Å². The van der Waals surface area contributed by atoms with Crippen molar-refractivity contribution in [3.63, 3.8) is 0 Å². The van der Waals surface area contributed by atoms with Crippen LogP contribution < -0.4 is 0 Å². The summed E-state index contributed by atoms with van der Waals surface area (Å²) in [6, 6.07) is 14.8. The Labute approximate surface area is 166 Å². The molecule has 0 saturated heterocycles. The van der Waals surface area contributed by atoms with Crippen molar-refractivity contribution in [3.8, 4) is 0 Å². The molecule has 2 atom stereocenters. The fourth-order valence-corrected chi connectivity index (χ4v) is 3.39. The second kappa shape index (κ2) is 10.6. The van der Waals surface area contributed by atoms with Gasteiger partial charge in [-0.25, -0.2) is 0 Å². The first-order valence-corrected chi connectivity index (χ1v) is 9.95. The van der Waals surface area contributed by atoms with Crippen LogP contribution in [0.15, 0.2) is 54.6 Å². The lowest BCUT2D eigenvalue weighted by atomic mass is 9.96. The third-order valence-electron chi connectivity index (χ3n) is 5.00. The molecule has 5 heteroatoms. The molecule has 2 aromatic carbocycles. The Morgan fingerprint density at radius 1 is 0.929 bits per heavy atom. The smallest absolute Gasteiger partial charge is 0.366 e. The molecule has 0 fully saturated rings. The molecule has 2 rings (SSSR count). The monoisotopic (exact) mass is 393 g/mol. The first kappa shape index (κ1) is 22.4. The van der Waals surface area contributed by atoms with E-state index in [0.717, 1.165) is 44.1 Å². The van der Waals surface area contributed by atoms with E-state index in [2.05, 4.69) is 18.7 Å². The Balaban J connectivity index is 2.21. The normalized spacial score (nSPS) is 14.2. The zero-order valence-corrected chi connectivity index (χ0v) is 16.9. The summed E-state index contributed by atoms with van der Waals surface area (Å²) in [6.45, 7) is 9.16. The molecule has 2 nitrogen and oxygen atoms in total. The number of halogens is 3. The van der Waals surface area contributed by atoms with Gasteiger partial charge in [-0.1, -0.05) is 62.4 Å². The van der Waals surface area contributed by atoms with E-state index in [1.165, 1.54) is 12.1 Å². The summed E-state index contributed by atoms with van der Waals surface area (Å²) in [7, 11) is 0. The largest absolute Gasteiger partial charge is 0.416 e. The minimum Gasteiger partial charge on any atom is -0.366 e. The summed E-state index contributed by atoms with van der Waals surface area (Å²) in [6.07, 6.45) is -3.57. The molecule has 2 unspecified atom stereocenters. The summed E-state index contributed by atoms with van der Waals surface area (Å²) in [5.41, 5.74) is 0.255. The third-order valence-corrected chi connectivity index (χ3v) is 5.00. The van der Waals surface area contributed by atoms with Gasteiger partial charge in [0.15, 0.2) is 0 Å². The van der Waals surface area contributed by atoms with Gasteiger partial charge in [0.1, 0.15) is 6.10 Å². The van der Waals surface area contributed by atoms with Gasteiger partial charge in [0.25, 0.3) is 0 Å². The molecular weight excluding hydrogens is 363 g/mol. The summed E-state index contributed by atoms with van der Waals surface area (Å²) >= 11 is 0. The first-order chi connectivity index (χ1) is 13.4. The number of alkyl halides is 3. The molecule has 28 heavy (non-hydrogen) atoms. The zero-order chi connectivity index (χ0) is 20.6. The molecule has 0 saturated carbocycles. The van der Waals surface area contributed by atoms with Crippen molar-refractivity contribution < 1.29 is 17.9 Å². The summed E-state index contributed by atoms with van der Waals surface area (Å²) in [4.78, 5) is 2.33. The number of ether oxygens (including phenoxy) is 1. The second-order valence-electron chi connectivity index (χ2n) is 6.99. The van der Waals surface area contributed by atoms with Crippen LogP contribution >= 0.6 is 0 Å². The highest BCUT2D eigenvalue weighted by Crippen LogP contribution is 2.38. The molecule has 0 N–H and O–H groups in total. The van der Waals surface area contributed by atoms with E-state index in [-0.39, 0.29) is 11.7 Å². The van der Waals surface area contributed by atoms with Crippen LogP contribution in [0.25, 0.3) is 0 Å². The predicted molar refractivity (Wildman–Crippen MR) is 107 cm³/mol. The first-order valence-electron chi connectivity index (χ1n) is 9.95. The molecular formula is C23H30F3NO. The van der Waals surface area contributed by atoms with Crippen LogP contribution in [0.4, 0.5) is 13.2 Å². The quantitative estimate of drug-likeness (QED) is 0.468. The highest BCUT2D eigenvalue weighted by molar-refractivity contribution is 5.37. The lowest BCUT2D eigenvalue weighted by Crippen LogP contribution is -2.25. The van der Waals surface area contributed by atoms with E-state index in [4.69, 9.17) is 4.74 Å². The van der Waals surface area contributed by atoms with Gasteiger partial charge in [-0.05, 0) is 56.6 Å². The maximum atomic E-state index is 13.6. The minimum atomic E-state index is -4.42. The van der Waals surface area contributed by atoms with Gasteiger partial charge in [-0.2, -0.15) is 13.2 Å². The van der Waals surface area contributed by atoms with Crippen LogP contribution in [0, 0.1) is 0 Å². The Morgan fingerprint density at radius 2 is 1.54 bits per heavy atom. The summed E-state index contributed by atoms with van der Waals surface area (Å²) in [5, 5.41) is 0. The molecule has 0 heterocycles. The van der Waals surface area contributed by atoms with Crippen molar-refractivity contribution in [2.75, 3.05) is 19.6 Å². The van der Waals surface area contributed by atoms with Crippen LogP contribution in [0.2, 0.25) is 0 Å². The van der Waals surface area contributed by atoms with Crippen molar-refractivity contribution in [1.29, 1.82) is 0 Å². The van der Waals surface area contributed by atoms with Crippen molar-refractivity contribution in [2.24, 2.45) is 0 Å². The zero-order valence-electron chi connectivity index (χ0n) is 16.9. The van der Waals surface area contributed by atoms with Gasteiger partial charge < -0.3 is 9.64 Å². The fraction of sp³-hybridized carbons (Fsp3) is 0.478. The SMILES string of the molecule is CCN(CC)CCCC(C)OC(c1ccccc1)c1ccccc1C(F)(F)F. The van der Waals surface area contributed by atoms with Gasteiger partial charge in [0, 0.05) is 0 Å². The van der Waals surface area contributed by atoms with Crippen LogP contribution in [-0.4, -0.2) is 30.6 Å². The summed E-state index contributed by atoms with van der Waals surface area (Å²) < 4.78 is 46.9. The highest BCUT2D eigenvalue weighted by Gasteiger charge is 2.36. The number of nitrogens with zero attached hydrogens (tertiary/aromatic N) is 1. The Kier molecular flexibility index (Phi) is 8.52. The number of hydrogen-bond donors (Lipinski definition) is 0. The maximum Gasteiger partial charge on any atom is 0.416 e. The molecule has 0 aliphatic heterocycles. The Morgan fingerprint density at radius 3 is 2.14 bits per heavy atom. The average Bonchev–Trinajstić information content (AvgIpc) is 2.69. The molecule has 0 bridgehead atoms. The van der Waals surface area contributed by atoms with E-state index in [9.17, 15) is 13.2 Å². The molecule has 0 amide bonds. The Bertz CT molecular complexity index is 698. The third kappa shape index (κ3) is 6.35. The fourth-order valence-electron chi connectivity index (χ4n) is 3.39. The van der Waals surface area contributed by atoms with E-state index < -0.39 is 17.8 Å². The standard InChI is InChI=1S/C23H30F3NO/c1-4-27(5-2)17-11-12-18(3)28-22(19-13-7-6-8-14-19)20-15-9-10-16-21(20)23(24,25)26/h6-10,13-16,18,22H,4-5,11-12,17H2,1-3H3. The molecule has 0 aliphatic rings. The average molecular weight is 393 g/mol. The van der Waals surface area contributed by atoms with Gasteiger partial charge in [0.2, 0.25) is 0 Å². The second-order valence-corrected chi connectivity index (χ2v) is 6.99. The number of hydrogen-bond acceptors (Lipinski definition) is 2. The van der Waals surface area contributed by atoms with E-state index in [1.807, 2.05) is 37.3 Å². The van der Waals surface area contributed by atoms with E-state index >= 15 is 0 Å². The van der Waals surface area contributed by atoms with E-state index in [0.29, 0.717) is 0 Å². The van der Waals surface area contributed by atoms with Gasteiger partial charge in [-0.3, -0.25) is 0 Å². The predicted octanol–water partition coefficient (Wildman–Crippen LogP) is 6.32. The van der Waals surface area contributed by atoms with Crippen molar-refractivity contribution >= 4 is 0 Å². The number of benzene rings is 2. The lowest BCUT2D eigenvalue weighted by molar-refractivity contribution is -0.139. The van der Waals surface area contributed by atoms with Gasteiger partial charge in [-0.15, -0.1) is 0 Å². The van der Waals surface area contributed by atoms with Crippen molar-refractivity contribution in [3.05, 3.63) is 71.3 Å². The molecule has 0 aromatic heterocycles. The van der Waals surface area contributed by atoms with Gasteiger partial charge >= 0.3 is 6.18 Å². The van der Waals surface area contributed by atoms with Crippen LogP contribution in [0.5, 0.6) is 0 Å². The molecule has 0 aliphatic carbocycles. The summed E-state index contributed by atoms with van der Waals surface area (Å²) in [5.74, 6) is 0. The van der Waals surface area contributed by atoms with Crippen molar-refractivity contribution in [2.45, 2.75) is 52.0 Å². The molecule has 154 valence electrons. The molecule has 0 spiro atoms. The molecule has 2 aromatic rings. The van der Waals surface area contributed by atoms with E-state index in [1.54, 1.807) is 6.07 Å². The highest BCUT2D eigenvalue weighted by atomic mass is 19.4. The Hall–Kier alpha value is -1.85. The maximum absolute atomic E-state index is 13.6. The lowest BCUT2D eigenvalue weighted by Gasteiger charge is -2.26. The topological polar surface area (TPSA) is 12.5 Å². The number of rotatable bonds is 10. The van der Waals surface area contributed by atoms with Crippen LogP contribution in [0.3, 0.4) is 0 Å². The minimum absolute atomic E-state index is 0.151.